The van der Waals surface area contributed by atoms with Crippen molar-refractivity contribution in [2.45, 2.75) is 51.3 Å². The molecule has 2 rings (SSSR count). The monoisotopic (exact) mass is 172 g/mol. The summed E-state index contributed by atoms with van der Waals surface area (Å²) in [6.45, 7) is 6.65. The van der Waals surface area contributed by atoms with E-state index >= 15 is 0 Å². The van der Waals surface area contributed by atoms with E-state index < -0.39 is 5.79 Å². The van der Waals surface area contributed by atoms with Gasteiger partial charge in [0.05, 0.1) is 18.8 Å². The first-order chi connectivity index (χ1) is 5.57. The van der Waals surface area contributed by atoms with E-state index in [0.717, 1.165) is 6.42 Å². The highest BCUT2D eigenvalue weighted by Crippen LogP contribution is 2.32. The Morgan fingerprint density at radius 1 is 1.25 bits per heavy atom. The highest BCUT2D eigenvalue weighted by molar-refractivity contribution is 4.85. The van der Waals surface area contributed by atoms with Gasteiger partial charge in [-0.05, 0) is 20.8 Å². The summed E-state index contributed by atoms with van der Waals surface area (Å²) in [4.78, 5) is 0. The van der Waals surface area contributed by atoms with E-state index in [9.17, 15) is 0 Å². The summed E-state index contributed by atoms with van der Waals surface area (Å²) in [7, 11) is 0. The van der Waals surface area contributed by atoms with Gasteiger partial charge in [0.15, 0.2) is 5.79 Å². The minimum absolute atomic E-state index is 0.160. The first-order valence-corrected chi connectivity index (χ1v) is 4.54. The fraction of sp³-hybridized carbons (Fsp3) is 1.00. The van der Waals surface area contributed by atoms with E-state index in [1.807, 2.05) is 13.8 Å². The fourth-order valence-electron chi connectivity index (χ4n) is 1.87. The van der Waals surface area contributed by atoms with Gasteiger partial charge in [-0.2, -0.15) is 0 Å². The Kier molecular flexibility index (Phi) is 1.90. The third-order valence-corrected chi connectivity index (χ3v) is 2.42. The van der Waals surface area contributed by atoms with Crippen molar-refractivity contribution in [3.8, 4) is 0 Å². The van der Waals surface area contributed by atoms with Gasteiger partial charge in [0, 0.05) is 6.42 Å². The van der Waals surface area contributed by atoms with Gasteiger partial charge in [0.2, 0.25) is 0 Å². The van der Waals surface area contributed by atoms with E-state index in [4.69, 9.17) is 14.2 Å². The molecule has 0 spiro atoms. The maximum atomic E-state index is 5.72. The molecule has 70 valence electrons. The lowest BCUT2D eigenvalue weighted by atomic mass is 10.1. The van der Waals surface area contributed by atoms with E-state index in [-0.39, 0.29) is 12.2 Å². The van der Waals surface area contributed by atoms with Crippen LogP contribution in [-0.4, -0.2) is 30.7 Å². The molecule has 0 N–H and O–H groups in total. The van der Waals surface area contributed by atoms with Gasteiger partial charge >= 0.3 is 0 Å². The Labute approximate surface area is 73.0 Å². The second kappa shape index (κ2) is 2.69. The molecule has 0 aromatic carbocycles. The van der Waals surface area contributed by atoms with Crippen LogP contribution in [-0.2, 0) is 14.2 Å². The number of ether oxygens (including phenoxy) is 3. The maximum Gasteiger partial charge on any atom is 0.163 e. The molecule has 2 aliphatic rings. The van der Waals surface area contributed by atoms with Crippen molar-refractivity contribution in [1.29, 1.82) is 0 Å². The summed E-state index contributed by atoms with van der Waals surface area (Å²) in [5.41, 5.74) is 0. The molecular weight excluding hydrogens is 156 g/mol. The average molecular weight is 172 g/mol. The molecule has 0 amide bonds. The number of hydrogen-bond donors (Lipinski definition) is 0. The SMILES string of the molecule is C[C@H]1C[C@@H]2OC(C)(C)OC[C@H]2O1. The van der Waals surface area contributed by atoms with Crippen molar-refractivity contribution < 1.29 is 14.2 Å². The summed E-state index contributed by atoms with van der Waals surface area (Å²) < 4.78 is 16.8. The Hall–Kier alpha value is -0.120. The molecule has 2 fully saturated rings. The topological polar surface area (TPSA) is 27.7 Å². The van der Waals surface area contributed by atoms with E-state index in [0.29, 0.717) is 12.7 Å². The predicted molar refractivity (Wildman–Crippen MR) is 43.9 cm³/mol. The zero-order valence-corrected chi connectivity index (χ0v) is 7.87. The van der Waals surface area contributed by atoms with Gasteiger partial charge in [-0.25, -0.2) is 0 Å². The van der Waals surface area contributed by atoms with Crippen LogP contribution in [0.3, 0.4) is 0 Å². The molecule has 0 bridgehead atoms. The molecule has 2 heterocycles. The first kappa shape index (κ1) is 8.48. The van der Waals surface area contributed by atoms with Crippen LogP contribution in [0.4, 0.5) is 0 Å². The lowest BCUT2D eigenvalue weighted by Crippen LogP contribution is -2.46. The number of rotatable bonds is 0. The molecule has 12 heavy (non-hydrogen) atoms. The second-order valence-electron chi connectivity index (χ2n) is 4.09. The van der Waals surface area contributed by atoms with Gasteiger partial charge in [0.1, 0.15) is 6.10 Å². The molecule has 0 aromatic rings. The van der Waals surface area contributed by atoms with Crippen molar-refractivity contribution in [2.75, 3.05) is 6.61 Å². The van der Waals surface area contributed by atoms with Crippen LogP contribution in [0.1, 0.15) is 27.2 Å². The molecule has 3 atom stereocenters. The Balaban J connectivity index is 2.02. The van der Waals surface area contributed by atoms with Crippen LogP contribution in [0.25, 0.3) is 0 Å². The molecule has 2 saturated heterocycles. The van der Waals surface area contributed by atoms with Crippen LogP contribution in [0.2, 0.25) is 0 Å². The van der Waals surface area contributed by atoms with Crippen LogP contribution in [0, 0.1) is 0 Å². The molecule has 3 heteroatoms. The molecule has 0 aromatic heterocycles. The summed E-state index contributed by atoms with van der Waals surface area (Å²) in [6, 6.07) is 0. The van der Waals surface area contributed by atoms with Gasteiger partial charge in [0.25, 0.3) is 0 Å². The van der Waals surface area contributed by atoms with Crippen molar-refractivity contribution in [2.24, 2.45) is 0 Å². The van der Waals surface area contributed by atoms with Crippen LogP contribution < -0.4 is 0 Å². The minimum Gasteiger partial charge on any atom is -0.370 e. The summed E-state index contributed by atoms with van der Waals surface area (Å²) in [6.07, 6.45) is 1.71. The quantitative estimate of drug-likeness (QED) is 0.551. The standard InChI is InChI=1S/C9H16O3/c1-6-4-7-8(11-6)5-10-9(2,3)12-7/h6-8H,4-5H2,1-3H3/t6-,7-,8+/m0/s1. The first-order valence-electron chi connectivity index (χ1n) is 4.54. The second-order valence-corrected chi connectivity index (χ2v) is 4.09. The normalized spacial score (nSPS) is 45.8. The van der Waals surface area contributed by atoms with Crippen molar-refractivity contribution in [3.05, 3.63) is 0 Å². The third kappa shape index (κ3) is 1.49. The van der Waals surface area contributed by atoms with Crippen molar-refractivity contribution in [3.63, 3.8) is 0 Å². The zero-order valence-electron chi connectivity index (χ0n) is 7.87. The van der Waals surface area contributed by atoms with Crippen LogP contribution in [0.15, 0.2) is 0 Å². The summed E-state index contributed by atoms with van der Waals surface area (Å²) >= 11 is 0. The predicted octanol–water partition coefficient (Wildman–Crippen LogP) is 1.32. The van der Waals surface area contributed by atoms with Crippen molar-refractivity contribution >= 4 is 0 Å². The highest BCUT2D eigenvalue weighted by Gasteiger charge is 2.42. The number of fused-ring (bicyclic) bond motifs is 1. The smallest absolute Gasteiger partial charge is 0.163 e. The maximum absolute atomic E-state index is 5.72. The molecule has 0 aliphatic carbocycles. The molecule has 0 radical (unpaired) electrons. The van der Waals surface area contributed by atoms with Crippen LogP contribution in [0.5, 0.6) is 0 Å². The van der Waals surface area contributed by atoms with Crippen molar-refractivity contribution in [1.82, 2.24) is 0 Å². The van der Waals surface area contributed by atoms with E-state index in [1.165, 1.54) is 0 Å². The molecule has 2 aliphatic heterocycles. The molecule has 0 saturated carbocycles. The Morgan fingerprint density at radius 2 is 2.00 bits per heavy atom. The third-order valence-electron chi connectivity index (χ3n) is 2.42. The van der Waals surface area contributed by atoms with Gasteiger partial charge < -0.3 is 14.2 Å². The lowest BCUT2D eigenvalue weighted by molar-refractivity contribution is -0.293. The number of hydrogen-bond acceptors (Lipinski definition) is 3. The van der Waals surface area contributed by atoms with E-state index in [2.05, 4.69) is 6.92 Å². The summed E-state index contributed by atoms with van der Waals surface area (Å²) in [5.74, 6) is -0.422. The van der Waals surface area contributed by atoms with Gasteiger partial charge in [-0.15, -0.1) is 0 Å². The lowest BCUT2D eigenvalue weighted by Gasteiger charge is -2.37. The van der Waals surface area contributed by atoms with Gasteiger partial charge in [-0.3, -0.25) is 0 Å². The fourth-order valence-corrected chi connectivity index (χ4v) is 1.87. The van der Waals surface area contributed by atoms with E-state index in [1.54, 1.807) is 0 Å². The largest absolute Gasteiger partial charge is 0.370 e. The Morgan fingerprint density at radius 3 is 2.75 bits per heavy atom. The van der Waals surface area contributed by atoms with Gasteiger partial charge in [-0.1, -0.05) is 0 Å². The molecular formula is C9H16O3. The Bertz CT molecular complexity index is 179. The summed E-state index contributed by atoms with van der Waals surface area (Å²) in [5, 5.41) is 0. The van der Waals surface area contributed by atoms with Crippen LogP contribution >= 0.6 is 0 Å². The molecule has 0 unspecified atom stereocenters. The minimum atomic E-state index is -0.422. The molecule has 3 nitrogen and oxygen atoms in total. The average Bonchev–Trinajstić information content (AvgIpc) is 2.26. The zero-order chi connectivity index (χ0) is 8.77. The highest BCUT2D eigenvalue weighted by atomic mass is 16.7.